The predicted octanol–water partition coefficient (Wildman–Crippen LogP) is -3.47. The van der Waals surface area contributed by atoms with Gasteiger partial charge in [0.2, 0.25) is 6.29 Å². The number of benzene rings is 1. The minimum Gasteiger partial charge on any atom is -0.463 e. The van der Waals surface area contributed by atoms with E-state index in [9.17, 15) is 60.3 Å². The van der Waals surface area contributed by atoms with Crippen LogP contribution in [0.5, 0.6) is 5.75 Å². The van der Waals surface area contributed by atoms with E-state index in [0.717, 1.165) is 6.42 Å². The Morgan fingerprint density at radius 1 is 0.772 bits per heavy atom. The Labute approximate surface area is 328 Å². The Kier molecular flexibility index (Phi) is 18.7. The zero-order valence-electron chi connectivity index (χ0n) is 31.3. The first-order chi connectivity index (χ1) is 27.3. The zero-order chi connectivity index (χ0) is 41.8. The van der Waals surface area contributed by atoms with Crippen molar-refractivity contribution in [2.75, 3.05) is 39.6 Å². The van der Waals surface area contributed by atoms with E-state index in [0.29, 0.717) is 18.6 Å². The molecular formula is C37H55FO19. The second-order valence-corrected chi connectivity index (χ2v) is 14.0. The van der Waals surface area contributed by atoms with Crippen LogP contribution in [0.2, 0.25) is 0 Å². The van der Waals surface area contributed by atoms with Crippen molar-refractivity contribution >= 4 is 5.97 Å². The van der Waals surface area contributed by atoms with E-state index >= 15 is 0 Å². The first kappa shape index (κ1) is 47.0. The maximum absolute atomic E-state index is 14.3. The van der Waals surface area contributed by atoms with Gasteiger partial charge in [0, 0.05) is 25.0 Å². The van der Waals surface area contributed by atoms with Crippen LogP contribution < -0.4 is 4.74 Å². The smallest absolute Gasteiger partial charge is 0.306 e. The lowest BCUT2D eigenvalue weighted by Gasteiger charge is -2.48. The van der Waals surface area contributed by atoms with Gasteiger partial charge >= 0.3 is 5.97 Å². The molecular weight excluding hydrogens is 767 g/mol. The van der Waals surface area contributed by atoms with Crippen molar-refractivity contribution in [1.29, 1.82) is 0 Å². The molecule has 0 amide bonds. The molecule has 0 spiro atoms. The molecule has 0 radical (unpaired) electrons. The van der Waals surface area contributed by atoms with Crippen LogP contribution in [0.25, 0.3) is 0 Å². The summed E-state index contributed by atoms with van der Waals surface area (Å²) in [5.74, 6) is 1.69. The highest BCUT2D eigenvalue weighted by Crippen LogP contribution is 2.34. The van der Waals surface area contributed by atoms with Crippen molar-refractivity contribution in [2.45, 2.75) is 131 Å². The van der Waals surface area contributed by atoms with E-state index in [-0.39, 0.29) is 43.3 Å². The van der Waals surface area contributed by atoms with Crippen LogP contribution in [0.15, 0.2) is 18.2 Å². The van der Waals surface area contributed by atoms with Gasteiger partial charge in [-0.25, -0.2) is 4.39 Å². The molecule has 10 N–H and O–H groups in total. The molecule has 3 aliphatic heterocycles. The average Bonchev–Trinajstić information content (AvgIpc) is 3.20. The molecule has 1 aromatic carbocycles. The van der Waals surface area contributed by atoms with Crippen molar-refractivity contribution in [1.82, 2.24) is 0 Å². The third-order valence-corrected chi connectivity index (χ3v) is 9.81. The SMILES string of the molecule is C#CCC(CC(=O)OCCOCCC)Cc1ccc(O[C@@H]2OC(CO)[C@@H](O[C@H]3OC(CO)[C@@H](O[C@H]4OC(CO)[C@@H](O)[C@H](O)C4O)[C@H](O)C3O)[C@H](O)C2O)c(CF)c1. The number of hydrogen-bond donors (Lipinski definition) is 10. The normalized spacial score (nSPS) is 36.3. The first-order valence-electron chi connectivity index (χ1n) is 18.7. The average molecular weight is 823 g/mol. The Hall–Kier alpha value is -2.66. The standard InChI is InChI=1S/C37H55FO19/c1-3-5-18(13-25(42)51-10-9-50-8-4-2)11-19-6-7-21(20(12-19)14-38)52-35-31(48)28(45)33(23(16-40)54-35)57-37-32(49)29(46)34(24(17-41)55-37)56-36-30(47)27(44)26(43)22(15-39)53-36/h1,6-7,12,18,22-24,26-37,39-41,43-49H,4-5,8-11,13-17H2,2H3/t18?,22?,23?,24?,26-,27+,28-,29-,30?,31?,32?,33-,34-,35-,36-,37-/m1/s1. The van der Waals surface area contributed by atoms with E-state index in [1.54, 1.807) is 6.07 Å². The Bertz CT molecular complexity index is 1410. The highest BCUT2D eigenvalue weighted by molar-refractivity contribution is 5.69. The van der Waals surface area contributed by atoms with Crippen molar-refractivity contribution in [3.8, 4) is 18.1 Å². The summed E-state index contributed by atoms with van der Waals surface area (Å²) in [5, 5.41) is 104. The fourth-order valence-corrected chi connectivity index (χ4v) is 6.72. The van der Waals surface area contributed by atoms with E-state index in [1.807, 2.05) is 6.92 Å². The van der Waals surface area contributed by atoms with E-state index in [2.05, 4.69) is 5.92 Å². The summed E-state index contributed by atoms with van der Waals surface area (Å²) in [4.78, 5) is 12.4. The van der Waals surface area contributed by atoms with E-state index < -0.39 is 125 Å². The van der Waals surface area contributed by atoms with Crippen LogP contribution in [0.4, 0.5) is 4.39 Å². The summed E-state index contributed by atoms with van der Waals surface area (Å²) in [5.41, 5.74) is 0.659. The molecule has 0 bridgehead atoms. The highest BCUT2D eigenvalue weighted by Gasteiger charge is 2.53. The van der Waals surface area contributed by atoms with Gasteiger partial charge in [0.05, 0.1) is 26.4 Å². The molecule has 0 saturated carbocycles. The van der Waals surface area contributed by atoms with Crippen molar-refractivity contribution in [3.63, 3.8) is 0 Å². The Balaban J connectivity index is 1.38. The summed E-state index contributed by atoms with van der Waals surface area (Å²) in [7, 11) is 0. The molecule has 3 saturated heterocycles. The number of esters is 1. The van der Waals surface area contributed by atoms with Gasteiger partial charge in [-0.1, -0.05) is 13.0 Å². The van der Waals surface area contributed by atoms with Gasteiger partial charge in [-0.05, 0) is 36.5 Å². The molecule has 19 nitrogen and oxygen atoms in total. The zero-order valence-corrected chi connectivity index (χ0v) is 31.3. The van der Waals surface area contributed by atoms with Gasteiger partial charge in [0.15, 0.2) is 12.6 Å². The third-order valence-electron chi connectivity index (χ3n) is 9.81. The maximum Gasteiger partial charge on any atom is 0.306 e. The molecule has 3 heterocycles. The van der Waals surface area contributed by atoms with Gasteiger partial charge in [0.1, 0.15) is 92.3 Å². The van der Waals surface area contributed by atoms with Crippen LogP contribution in [0.3, 0.4) is 0 Å². The maximum atomic E-state index is 14.3. The number of halogens is 1. The second kappa shape index (κ2) is 22.6. The Morgan fingerprint density at radius 2 is 1.33 bits per heavy atom. The molecule has 16 atom stereocenters. The summed E-state index contributed by atoms with van der Waals surface area (Å²) >= 11 is 0. The monoisotopic (exact) mass is 822 g/mol. The number of carbonyl (C=O) groups is 1. The Morgan fingerprint density at radius 3 is 1.89 bits per heavy atom. The fourth-order valence-electron chi connectivity index (χ4n) is 6.72. The number of alkyl halides is 1. The van der Waals surface area contributed by atoms with Crippen LogP contribution >= 0.6 is 0 Å². The van der Waals surface area contributed by atoms with Crippen molar-refractivity contribution < 1.29 is 98.1 Å². The number of rotatable bonds is 20. The number of ether oxygens (including phenoxy) is 8. The molecule has 324 valence electrons. The lowest BCUT2D eigenvalue weighted by atomic mass is 9.92. The molecule has 57 heavy (non-hydrogen) atoms. The van der Waals surface area contributed by atoms with Gasteiger partial charge in [-0.3, -0.25) is 4.79 Å². The molecule has 7 unspecified atom stereocenters. The molecule has 20 heteroatoms. The third kappa shape index (κ3) is 12.0. The summed E-state index contributed by atoms with van der Waals surface area (Å²) in [6.07, 6.45) is -19.2. The van der Waals surface area contributed by atoms with Gasteiger partial charge in [0.25, 0.3) is 0 Å². The lowest BCUT2D eigenvalue weighted by Crippen LogP contribution is -2.66. The van der Waals surface area contributed by atoms with Gasteiger partial charge in [-0.15, -0.1) is 12.3 Å². The highest BCUT2D eigenvalue weighted by atomic mass is 19.1. The largest absolute Gasteiger partial charge is 0.463 e. The minimum atomic E-state index is -2.00. The van der Waals surface area contributed by atoms with Crippen molar-refractivity contribution in [2.24, 2.45) is 5.92 Å². The molecule has 3 fully saturated rings. The number of carbonyl (C=O) groups excluding carboxylic acids is 1. The topological polar surface area (TPSA) is 293 Å². The summed E-state index contributed by atoms with van der Waals surface area (Å²) in [6, 6.07) is 4.50. The lowest BCUT2D eigenvalue weighted by molar-refractivity contribution is -0.376. The number of aliphatic hydroxyl groups excluding tert-OH is 10. The molecule has 0 aromatic heterocycles. The quantitative estimate of drug-likeness (QED) is 0.0347. The fraction of sp³-hybridized carbons (Fsp3) is 0.757. The van der Waals surface area contributed by atoms with Crippen LogP contribution in [-0.2, 0) is 51.0 Å². The number of aliphatic hydroxyl groups is 10. The van der Waals surface area contributed by atoms with E-state index in [4.69, 9.17) is 44.3 Å². The molecule has 4 rings (SSSR count). The van der Waals surface area contributed by atoms with Gasteiger partial charge in [-0.2, -0.15) is 0 Å². The van der Waals surface area contributed by atoms with Crippen molar-refractivity contribution in [3.05, 3.63) is 29.3 Å². The molecule has 0 aliphatic carbocycles. The number of hydrogen-bond acceptors (Lipinski definition) is 19. The van der Waals surface area contributed by atoms with Crippen LogP contribution in [0, 0.1) is 18.3 Å². The predicted molar refractivity (Wildman–Crippen MR) is 188 cm³/mol. The number of terminal acetylenes is 1. The first-order valence-corrected chi connectivity index (χ1v) is 18.7. The summed E-state index contributed by atoms with van der Waals surface area (Å²) in [6.45, 7) is -0.630. The summed E-state index contributed by atoms with van der Waals surface area (Å²) < 4.78 is 58.4. The van der Waals surface area contributed by atoms with Crippen LogP contribution in [-0.4, -0.2) is 189 Å². The molecule has 1 aromatic rings. The second-order valence-electron chi connectivity index (χ2n) is 14.0. The minimum absolute atomic E-state index is 0.0199. The van der Waals surface area contributed by atoms with Crippen LogP contribution in [0.1, 0.15) is 37.3 Å². The van der Waals surface area contributed by atoms with E-state index in [1.165, 1.54) is 12.1 Å². The molecule has 3 aliphatic rings. The van der Waals surface area contributed by atoms with Gasteiger partial charge < -0.3 is 89.0 Å².